The molecule has 0 aliphatic heterocycles. The number of carbonyl (C=O) groups is 2. The van der Waals surface area contributed by atoms with Gasteiger partial charge >= 0.3 is 11.9 Å². The lowest BCUT2D eigenvalue weighted by Gasteiger charge is -2.01. The molecule has 1 aromatic rings. The molecule has 0 aromatic carbocycles. The van der Waals surface area contributed by atoms with E-state index in [2.05, 4.69) is 9.47 Å². The SMILES string of the molecule is COC(=O)C(=Cc1ccco1)C(=O)OC. The highest BCUT2D eigenvalue weighted by Gasteiger charge is 2.19. The fraction of sp³-hybridized carbons (Fsp3) is 0.200. The molecule has 1 rings (SSSR count). The van der Waals surface area contributed by atoms with Gasteiger partial charge in [-0.15, -0.1) is 0 Å². The Kier molecular flexibility index (Phi) is 3.68. The minimum absolute atomic E-state index is 0.213. The van der Waals surface area contributed by atoms with Crippen molar-refractivity contribution in [2.75, 3.05) is 14.2 Å². The molecule has 0 amide bonds. The maximum absolute atomic E-state index is 11.2. The average Bonchev–Trinajstić information content (AvgIpc) is 2.76. The molecule has 0 aliphatic rings. The van der Waals surface area contributed by atoms with Crippen molar-refractivity contribution in [3.8, 4) is 0 Å². The second kappa shape index (κ2) is 4.99. The van der Waals surface area contributed by atoms with Crippen LogP contribution in [0.3, 0.4) is 0 Å². The Balaban J connectivity index is 3.00. The Labute approximate surface area is 86.3 Å². The van der Waals surface area contributed by atoms with E-state index in [0.717, 1.165) is 0 Å². The van der Waals surface area contributed by atoms with E-state index in [-0.39, 0.29) is 5.57 Å². The fourth-order valence-corrected chi connectivity index (χ4v) is 0.937. The molecule has 0 bridgehead atoms. The maximum Gasteiger partial charge on any atom is 0.345 e. The van der Waals surface area contributed by atoms with Gasteiger partial charge in [0.1, 0.15) is 11.3 Å². The maximum atomic E-state index is 11.2. The summed E-state index contributed by atoms with van der Waals surface area (Å²) in [5, 5.41) is 0. The van der Waals surface area contributed by atoms with Gasteiger partial charge in [0.05, 0.1) is 20.5 Å². The van der Waals surface area contributed by atoms with E-state index in [4.69, 9.17) is 4.42 Å². The van der Waals surface area contributed by atoms with E-state index in [1.165, 1.54) is 26.6 Å². The van der Waals surface area contributed by atoms with E-state index in [1.54, 1.807) is 12.1 Å². The van der Waals surface area contributed by atoms with Crippen LogP contribution in [0.25, 0.3) is 6.08 Å². The Hall–Kier alpha value is -2.04. The normalized spacial score (nSPS) is 9.20. The van der Waals surface area contributed by atoms with Crippen LogP contribution in [0.15, 0.2) is 28.4 Å². The molecule has 1 heterocycles. The predicted molar refractivity (Wildman–Crippen MR) is 50.7 cm³/mol. The van der Waals surface area contributed by atoms with Crippen LogP contribution in [0, 0.1) is 0 Å². The minimum atomic E-state index is -0.766. The Morgan fingerprint density at radius 3 is 2.27 bits per heavy atom. The van der Waals surface area contributed by atoms with Crippen molar-refractivity contribution < 1.29 is 23.5 Å². The largest absolute Gasteiger partial charge is 0.465 e. The van der Waals surface area contributed by atoms with Crippen molar-refractivity contribution in [1.29, 1.82) is 0 Å². The molecule has 0 fully saturated rings. The minimum Gasteiger partial charge on any atom is -0.465 e. The first kappa shape index (κ1) is 11.0. The average molecular weight is 210 g/mol. The van der Waals surface area contributed by atoms with E-state index < -0.39 is 11.9 Å². The molecule has 5 nitrogen and oxygen atoms in total. The molecule has 0 saturated heterocycles. The summed E-state index contributed by atoms with van der Waals surface area (Å²) < 4.78 is 13.8. The van der Waals surface area contributed by atoms with Gasteiger partial charge in [-0.3, -0.25) is 0 Å². The molecule has 5 heteroatoms. The van der Waals surface area contributed by atoms with E-state index in [0.29, 0.717) is 5.76 Å². The third kappa shape index (κ3) is 2.70. The molecule has 0 aliphatic carbocycles. The van der Waals surface area contributed by atoms with Gasteiger partial charge in [-0.05, 0) is 12.1 Å². The van der Waals surface area contributed by atoms with Gasteiger partial charge in [0.25, 0.3) is 0 Å². The van der Waals surface area contributed by atoms with E-state index in [1.807, 2.05) is 0 Å². The molecule has 0 atom stereocenters. The summed E-state index contributed by atoms with van der Waals surface area (Å²) in [5.74, 6) is -1.16. The summed E-state index contributed by atoms with van der Waals surface area (Å²) in [6.45, 7) is 0. The summed E-state index contributed by atoms with van der Waals surface area (Å²) in [5.41, 5.74) is -0.213. The second-order valence-corrected chi connectivity index (χ2v) is 2.56. The van der Waals surface area contributed by atoms with Gasteiger partial charge in [0, 0.05) is 6.08 Å². The molecule has 1 aromatic heterocycles. The number of hydrogen-bond acceptors (Lipinski definition) is 5. The van der Waals surface area contributed by atoms with Crippen LogP contribution < -0.4 is 0 Å². The van der Waals surface area contributed by atoms with Crippen LogP contribution in [-0.2, 0) is 19.1 Å². The fourth-order valence-electron chi connectivity index (χ4n) is 0.937. The first-order chi connectivity index (χ1) is 7.19. The zero-order valence-corrected chi connectivity index (χ0v) is 8.35. The number of furan rings is 1. The first-order valence-corrected chi connectivity index (χ1v) is 4.11. The lowest BCUT2D eigenvalue weighted by atomic mass is 10.2. The van der Waals surface area contributed by atoms with Gasteiger partial charge in [0.2, 0.25) is 0 Å². The van der Waals surface area contributed by atoms with Crippen molar-refractivity contribution in [1.82, 2.24) is 0 Å². The van der Waals surface area contributed by atoms with Gasteiger partial charge in [-0.25, -0.2) is 9.59 Å². The summed E-state index contributed by atoms with van der Waals surface area (Å²) in [4.78, 5) is 22.4. The number of hydrogen-bond donors (Lipinski definition) is 0. The zero-order valence-electron chi connectivity index (χ0n) is 8.35. The van der Waals surface area contributed by atoms with Gasteiger partial charge < -0.3 is 13.9 Å². The van der Waals surface area contributed by atoms with E-state index in [9.17, 15) is 9.59 Å². The van der Waals surface area contributed by atoms with Crippen LogP contribution in [0.2, 0.25) is 0 Å². The van der Waals surface area contributed by atoms with Crippen molar-refractivity contribution in [2.24, 2.45) is 0 Å². The highest BCUT2D eigenvalue weighted by molar-refractivity contribution is 6.17. The molecular formula is C10H10O5. The summed E-state index contributed by atoms with van der Waals surface area (Å²) in [7, 11) is 2.36. The highest BCUT2D eigenvalue weighted by atomic mass is 16.5. The van der Waals surface area contributed by atoms with Crippen LogP contribution in [0.1, 0.15) is 5.76 Å². The van der Waals surface area contributed by atoms with Crippen molar-refractivity contribution in [3.05, 3.63) is 29.7 Å². The Bertz CT molecular complexity index is 357. The predicted octanol–water partition coefficient (Wildman–Crippen LogP) is 1.01. The van der Waals surface area contributed by atoms with Gasteiger partial charge in [-0.2, -0.15) is 0 Å². The standard InChI is InChI=1S/C10H10O5/c1-13-9(11)8(10(12)14-2)6-7-4-3-5-15-7/h3-6H,1-2H3. The summed E-state index contributed by atoms with van der Waals surface area (Å²) in [6.07, 6.45) is 2.69. The number of methoxy groups -OCH3 is 2. The van der Waals surface area contributed by atoms with Gasteiger partial charge in [-0.1, -0.05) is 0 Å². The van der Waals surface area contributed by atoms with Crippen LogP contribution in [0.5, 0.6) is 0 Å². The quantitative estimate of drug-likeness (QED) is 0.322. The number of esters is 2. The van der Waals surface area contributed by atoms with E-state index >= 15 is 0 Å². The van der Waals surface area contributed by atoms with Crippen LogP contribution in [0.4, 0.5) is 0 Å². The lowest BCUT2D eigenvalue weighted by Crippen LogP contribution is -2.15. The van der Waals surface area contributed by atoms with Crippen LogP contribution >= 0.6 is 0 Å². The second-order valence-electron chi connectivity index (χ2n) is 2.56. The molecule has 0 radical (unpaired) electrons. The molecule has 0 saturated carbocycles. The molecule has 0 unspecified atom stereocenters. The van der Waals surface area contributed by atoms with Gasteiger partial charge in [0.15, 0.2) is 0 Å². The molecule has 0 N–H and O–H groups in total. The number of rotatable bonds is 3. The number of ether oxygens (including phenoxy) is 2. The third-order valence-electron chi connectivity index (χ3n) is 1.64. The van der Waals surface area contributed by atoms with Crippen molar-refractivity contribution in [2.45, 2.75) is 0 Å². The third-order valence-corrected chi connectivity index (χ3v) is 1.64. The lowest BCUT2D eigenvalue weighted by molar-refractivity contribution is -0.143. The summed E-state index contributed by atoms with van der Waals surface area (Å²) in [6, 6.07) is 3.24. The number of carbonyl (C=O) groups excluding carboxylic acids is 2. The molecule has 15 heavy (non-hydrogen) atoms. The highest BCUT2D eigenvalue weighted by Crippen LogP contribution is 2.10. The first-order valence-electron chi connectivity index (χ1n) is 4.11. The molecule has 80 valence electrons. The zero-order chi connectivity index (χ0) is 11.3. The monoisotopic (exact) mass is 210 g/mol. The molecular weight excluding hydrogens is 200 g/mol. The molecule has 0 spiro atoms. The van der Waals surface area contributed by atoms with Crippen molar-refractivity contribution in [3.63, 3.8) is 0 Å². The van der Waals surface area contributed by atoms with Crippen LogP contribution in [-0.4, -0.2) is 26.2 Å². The Morgan fingerprint density at radius 1 is 1.27 bits per heavy atom. The van der Waals surface area contributed by atoms with Crippen molar-refractivity contribution >= 4 is 18.0 Å². The smallest absolute Gasteiger partial charge is 0.345 e. The topological polar surface area (TPSA) is 65.7 Å². The Morgan fingerprint density at radius 2 is 1.87 bits per heavy atom. The summed E-state index contributed by atoms with van der Waals surface area (Å²) >= 11 is 0.